The van der Waals surface area contributed by atoms with Crippen LogP contribution in [-0.2, 0) is 14.6 Å². The van der Waals surface area contributed by atoms with Crippen molar-refractivity contribution in [2.24, 2.45) is 5.41 Å². The molecule has 1 aliphatic carbocycles. The molecule has 0 spiro atoms. The molecule has 0 bridgehead atoms. The monoisotopic (exact) mass is 454 g/mol. The van der Waals surface area contributed by atoms with E-state index in [4.69, 9.17) is 0 Å². The van der Waals surface area contributed by atoms with Gasteiger partial charge in [0.2, 0.25) is 9.84 Å². The molecule has 0 aliphatic heterocycles. The molecular weight excluding hydrogens is 416 g/mol. The Hall–Kier alpha value is -2.20. The number of carbonyl (C=O) groups is 1. The molecule has 2 rings (SSSR count). The Balaban J connectivity index is 2.08. The van der Waals surface area contributed by atoms with Gasteiger partial charge in [-0.1, -0.05) is 80.8 Å². The zero-order chi connectivity index (χ0) is 23.8. The molecule has 174 valence electrons. The predicted molar refractivity (Wildman–Crippen MR) is 134 cm³/mol. The number of benzene rings is 1. The minimum Gasteiger partial charge on any atom is -0.276 e. The Morgan fingerprint density at radius 2 is 1.78 bits per heavy atom. The highest BCUT2D eigenvalue weighted by molar-refractivity contribution is 8.06. The lowest BCUT2D eigenvalue weighted by molar-refractivity contribution is -0.107. The van der Waals surface area contributed by atoms with Crippen LogP contribution < -0.4 is 0 Å². The fourth-order valence-corrected chi connectivity index (χ4v) is 5.35. The van der Waals surface area contributed by atoms with E-state index in [0.717, 1.165) is 18.4 Å². The number of hydrogen-bond donors (Lipinski definition) is 0. The van der Waals surface area contributed by atoms with E-state index in [-0.39, 0.29) is 10.3 Å². The lowest BCUT2D eigenvalue weighted by Gasteiger charge is -2.33. The molecule has 0 N–H and O–H groups in total. The van der Waals surface area contributed by atoms with E-state index in [9.17, 15) is 13.2 Å². The largest absolute Gasteiger partial charge is 0.276 e. The van der Waals surface area contributed by atoms with Crippen LogP contribution in [-0.4, -0.2) is 13.5 Å². The molecule has 0 radical (unpaired) electrons. The Morgan fingerprint density at radius 1 is 1.09 bits per heavy atom. The smallest absolute Gasteiger partial charge is 0.274 e. The van der Waals surface area contributed by atoms with Gasteiger partial charge in [0.25, 0.3) is 5.12 Å². The average Bonchev–Trinajstić information content (AvgIpc) is 2.76. The Kier molecular flexibility index (Phi) is 9.45. The lowest BCUT2D eigenvalue weighted by Crippen LogP contribution is -2.19. The molecule has 3 nitrogen and oxygen atoms in total. The van der Waals surface area contributed by atoms with Crippen LogP contribution in [0.3, 0.4) is 0 Å². The highest BCUT2D eigenvalue weighted by Gasteiger charge is 2.26. The van der Waals surface area contributed by atoms with Gasteiger partial charge in [-0.2, -0.15) is 0 Å². The van der Waals surface area contributed by atoms with E-state index in [1.807, 2.05) is 6.92 Å². The van der Waals surface area contributed by atoms with Gasteiger partial charge < -0.3 is 0 Å². The second kappa shape index (κ2) is 11.6. The van der Waals surface area contributed by atoms with Crippen LogP contribution in [0, 0.1) is 5.41 Å². The lowest BCUT2D eigenvalue weighted by atomic mass is 9.72. The van der Waals surface area contributed by atoms with Crippen LogP contribution in [0.1, 0.15) is 79.6 Å². The fourth-order valence-electron chi connectivity index (χ4n) is 4.28. The first-order valence-electron chi connectivity index (χ1n) is 11.7. The minimum atomic E-state index is -3.97. The molecule has 1 aromatic rings. The van der Waals surface area contributed by atoms with Crippen molar-refractivity contribution in [1.29, 1.82) is 0 Å². The maximum Gasteiger partial charge on any atom is 0.274 e. The zero-order valence-corrected chi connectivity index (χ0v) is 21.1. The Bertz CT molecular complexity index is 1020. The molecular formula is C28H38O3S. The SMILES string of the molecule is CCC(C=CC1=C(C)CCCC1(C)C)=CCCC(=CC(=O)S(=O)(=O)c1ccccc1)CC. The first kappa shape index (κ1) is 26.1. The first-order valence-corrected chi connectivity index (χ1v) is 13.2. The maximum atomic E-state index is 12.5. The molecule has 0 heterocycles. The number of allylic oxidation sites excluding steroid dienone is 7. The first-order chi connectivity index (χ1) is 15.1. The second-order valence-corrected chi connectivity index (χ2v) is 11.1. The summed E-state index contributed by atoms with van der Waals surface area (Å²) in [5.41, 5.74) is 5.29. The highest BCUT2D eigenvalue weighted by Crippen LogP contribution is 2.40. The van der Waals surface area contributed by atoms with Gasteiger partial charge >= 0.3 is 0 Å². The second-order valence-electron chi connectivity index (χ2n) is 9.23. The van der Waals surface area contributed by atoms with Gasteiger partial charge in [0.15, 0.2) is 0 Å². The van der Waals surface area contributed by atoms with Crippen LogP contribution in [0.5, 0.6) is 0 Å². The third-order valence-corrected chi connectivity index (χ3v) is 7.92. The van der Waals surface area contributed by atoms with Crippen molar-refractivity contribution >= 4 is 15.0 Å². The third-order valence-electron chi connectivity index (χ3n) is 6.38. The normalized spacial score (nSPS) is 17.8. The number of rotatable bonds is 9. The van der Waals surface area contributed by atoms with Gasteiger partial charge in [-0.3, -0.25) is 4.79 Å². The third kappa shape index (κ3) is 6.90. The quantitative estimate of drug-likeness (QED) is 0.286. The summed E-state index contributed by atoms with van der Waals surface area (Å²) in [4.78, 5) is 12.5. The maximum absolute atomic E-state index is 12.5. The topological polar surface area (TPSA) is 51.2 Å². The number of sulfone groups is 1. The molecule has 1 aromatic carbocycles. The van der Waals surface area contributed by atoms with E-state index in [2.05, 4.69) is 45.9 Å². The summed E-state index contributed by atoms with van der Waals surface area (Å²) in [6.45, 7) is 11.0. The molecule has 0 saturated carbocycles. The summed E-state index contributed by atoms with van der Waals surface area (Å²) in [5.74, 6) is 0. The highest BCUT2D eigenvalue weighted by atomic mass is 32.2. The minimum absolute atomic E-state index is 0.0465. The van der Waals surface area contributed by atoms with Gasteiger partial charge in [-0.25, -0.2) is 8.42 Å². The van der Waals surface area contributed by atoms with Crippen LogP contribution in [0.15, 0.2) is 81.8 Å². The summed E-state index contributed by atoms with van der Waals surface area (Å²) < 4.78 is 25.0. The van der Waals surface area contributed by atoms with E-state index in [1.165, 1.54) is 54.2 Å². The molecule has 0 amide bonds. The van der Waals surface area contributed by atoms with Gasteiger partial charge in [-0.15, -0.1) is 0 Å². The van der Waals surface area contributed by atoms with Gasteiger partial charge in [0, 0.05) is 0 Å². The van der Waals surface area contributed by atoms with Crippen LogP contribution in [0.4, 0.5) is 0 Å². The average molecular weight is 455 g/mol. The molecule has 4 heteroatoms. The van der Waals surface area contributed by atoms with Gasteiger partial charge in [-0.05, 0) is 81.1 Å². The molecule has 1 aliphatic rings. The molecule has 0 atom stereocenters. The van der Waals surface area contributed by atoms with Gasteiger partial charge in [0.05, 0.1) is 4.90 Å². The molecule has 0 aromatic heterocycles. The van der Waals surface area contributed by atoms with Gasteiger partial charge in [0.1, 0.15) is 0 Å². The summed E-state index contributed by atoms with van der Waals surface area (Å²) in [5, 5.41) is -0.831. The molecule has 0 saturated heterocycles. The van der Waals surface area contributed by atoms with Crippen LogP contribution in [0.25, 0.3) is 0 Å². The zero-order valence-electron chi connectivity index (χ0n) is 20.3. The van der Waals surface area contributed by atoms with E-state index >= 15 is 0 Å². The Labute approximate surface area is 194 Å². The van der Waals surface area contributed by atoms with Crippen molar-refractivity contribution < 1.29 is 13.2 Å². The molecule has 0 fully saturated rings. The Morgan fingerprint density at radius 3 is 2.38 bits per heavy atom. The number of carbonyl (C=O) groups excluding carboxylic acids is 1. The van der Waals surface area contributed by atoms with Crippen LogP contribution in [0.2, 0.25) is 0 Å². The molecule has 0 unspecified atom stereocenters. The van der Waals surface area contributed by atoms with Crippen molar-refractivity contribution in [1.82, 2.24) is 0 Å². The standard InChI is InChI=1S/C28H38O3S/c1-6-23(18-19-26-22(3)13-12-20-28(26,4)5)14-11-15-24(7-2)21-27(29)32(30,31)25-16-9-8-10-17-25/h8-10,14,16-19,21H,6-7,11-13,15,20H2,1-5H3. The number of hydrogen-bond acceptors (Lipinski definition) is 3. The van der Waals surface area contributed by atoms with E-state index < -0.39 is 15.0 Å². The van der Waals surface area contributed by atoms with Crippen molar-refractivity contribution in [3.05, 3.63) is 76.9 Å². The summed E-state index contributed by atoms with van der Waals surface area (Å²) >= 11 is 0. The summed E-state index contributed by atoms with van der Waals surface area (Å²) in [7, 11) is -3.97. The summed E-state index contributed by atoms with van der Waals surface area (Å²) in [6, 6.07) is 7.90. The van der Waals surface area contributed by atoms with Crippen molar-refractivity contribution in [2.75, 3.05) is 0 Å². The van der Waals surface area contributed by atoms with E-state index in [1.54, 1.807) is 18.2 Å². The summed E-state index contributed by atoms with van der Waals surface area (Å²) in [6.07, 6.45) is 14.8. The van der Waals surface area contributed by atoms with Crippen molar-refractivity contribution in [3.63, 3.8) is 0 Å². The van der Waals surface area contributed by atoms with E-state index in [0.29, 0.717) is 12.8 Å². The van der Waals surface area contributed by atoms with Crippen molar-refractivity contribution in [2.45, 2.75) is 84.5 Å². The van der Waals surface area contributed by atoms with Crippen LogP contribution >= 0.6 is 0 Å². The van der Waals surface area contributed by atoms with Crippen molar-refractivity contribution in [3.8, 4) is 0 Å². The predicted octanol–water partition coefficient (Wildman–Crippen LogP) is 7.52. The fraction of sp³-hybridized carbons (Fsp3) is 0.464. The molecule has 32 heavy (non-hydrogen) atoms.